The monoisotopic (exact) mass is 475 g/mol. The second-order valence-electron chi connectivity index (χ2n) is 5.62. The molecule has 1 aliphatic rings. The Bertz CT molecular complexity index is 757. The number of para-hydroxylation sites is 1. The van der Waals surface area contributed by atoms with Gasteiger partial charge in [0.25, 0.3) is 0 Å². The van der Waals surface area contributed by atoms with Crippen LogP contribution in [0, 0.1) is 5.82 Å². The molecule has 3 N–H and O–H groups in total. The van der Waals surface area contributed by atoms with Crippen LogP contribution >= 0.6 is 35.6 Å². The van der Waals surface area contributed by atoms with Crippen LogP contribution in [0.25, 0.3) is 0 Å². The summed E-state index contributed by atoms with van der Waals surface area (Å²) in [5, 5.41) is 3.65. The number of nitrogens with two attached hydrogens (primary N) is 1. The van der Waals surface area contributed by atoms with Crippen molar-refractivity contribution in [3.05, 3.63) is 64.4 Å². The predicted octanol–water partition coefficient (Wildman–Crippen LogP) is 4.07. The molecule has 4 nitrogen and oxygen atoms in total. The molecule has 0 bridgehead atoms. The van der Waals surface area contributed by atoms with Crippen molar-refractivity contribution in [2.75, 3.05) is 13.2 Å². The van der Waals surface area contributed by atoms with E-state index < -0.39 is 0 Å². The van der Waals surface area contributed by atoms with Crippen molar-refractivity contribution >= 4 is 41.5 Å². The van der Waals surface area contributed by atoms with E-state index in [1.165, 1.54) is 12.1 Å². The Hall–Kier alpha value is -1.54. The zero-order chi connectivity index (χ0) is 16.9. The summed E-state index contributed by atoms with van der Waals surface area (Å²) in [4.78, 5) is 4.34. The maximum atomic E-state index is 13.0. The molecule has 1 atom stereocenters. The quantitative estimate of drug-likeness (QED) is 0.398. The van der Waals surface area contributed by atoms with Gasteiger partial charge in [0.2, 0.25) is 0 Å². The molecule has 3 rings (SSSR count). The number of halogens is 3. The van der Waals surface area contributed by atoms with Gasteiger partial charge in [-0.25, -0.2) is 4.39 Å². The molecule has 0 saturated heterocycles. The largest absolute Gasteiger partial charge is 0.493 e. The molecule has 134 valence electrons. The van der Waals surface area contributed by atoms with Gasteiger partial charge in [-0.05, 0) is 30.2 Å². The Kier molecular flexibility index (Phi) is 7.31. The molecule has 1 unspecified atom stereocenters. The number of hydrogen-bond donors (Lipinski definition) is 2. The molecule has 0 aromatic heterocycles. The summed E-state index contributed by atoms with van der Waals surface area (Å²) in [6.07, 6.45) is 1.43. The molecule has 0 spiro atoms. The van der Waals surface area contributed by atoms with E-state index in [1.54, 1.807) is 6.07 Å². The smallest absolute Gasteiger partial charge is 0.189 e. The van der Waals surface area contributed by atoms with Gasteiger partial charge in [-0.3, -0.25) is 4.99 Å². The number of fused-ring (bicyclic) bond motifs is 1. The maximum Gasteiger partial charge on any atom is 0.189 e. The van der Waals surface area contributed by atoms with Gasteiger partial charge >= 0.3 is 0 Å². The number of guanidine groups is 1. The van der Waals surface area contributed by atoms with E-state index in [0.29, 0.717) is 30.6 Å². The van der Waals surface area contributed by atoms with Crippen molar-refractivity contribution < 1.29 is 9.13 Å². The fourth-order valence-corrected chi connectivity index (χ4v) is 3.00. The molecular weight excluding hydrogens is 456 g/mol. The molecule has 0 aliphatic carbocycles. The lowest BCUT2D eigenvalue weighted by molar-refractivity contribution is 0.262. The van der Waals surface area contributed by atoms with Gasteiger partial charge in [0, 0.05) is 23.6 Å². The van der Waals surface area contributed by atoms with Gasteiger partial charge < -0.3 is 15.8 Å². The Morgan fingerprint density at radius 1 is 1.32 bits per heavy atom. The minimum atomic E-state index is -0.341. The van der Waals surface area contributed by atoms with Gasteiger partial charge in [0.15, 0.2) is 5.96 Å². The minimum absolute atomic E-state index is 0. The number of aliphatic imine (C=N–C) groups is 1. The molecule has 2 aromatic rings. The number of nitrogens with one attached hydrogen (secondary N) is 1. The molecule has 0 amide bonds. The molecule has 25 heavy (non-hydrogen) atoms. The second-order valence-corrected chi connectivity index (χ2v) is 6.03. The zero-order valence-corrected chi connectivity index (χ0v) is 16.6. The van der Waals surface area contributed by atoms with Gasteiger partial charge in [-0.2, -0.15) is 0 Å². The maximum absolute atomic E-state index is 13.0. The third-order valence-electron chi connectivity index (χ3n) is 3.96. The summed E-state index contributed by atoms with van der Waals surface area (Å²) in [5.74, 6) is 0.925. The number of hydrogen-bond acceptors (Lipinski definition) is 2. The highest BCUT2D eigenvalue weighted by atomic mass is 127. The van der Waals surface area contributed by atoms with Gasteiger partial charge in [-0.15, -0.1) is 24.0 Å². The lowest BCUT2D eigenvalue weighted by Gasteiger charge is -2.26. The average molecular weight is 476 g/mol. The SMILES string of the molecule is I.NC(=NCCc1ccc(F)cc1Cl)NC1CCOc2ccccc21. The number of nitrogens with zero attached hydrogens (tertiary/aromatic N) is 1. The summed E-state index contributed by atoms with van der Waals surface area (Å²) in [7, 11) is 0. The van der Waals surface area contributed by atoms with Crippen LogP contribution in [0.15, 0.2) is 47.5 Å². The van der Waals surface area contributed by atoms with Gasteiger partial charge in [0.1, 0.15) is 11.6 Å². The van der Waals surface area contributed by atoms with Crippen molar-refractivity contribution in [3.63, 3.8) is 0 Å². The predicted molar refractivity (Wildman–Crippen MR) is 109 cm³/mol. The highest BCUT2D eigenvalue weighted by molar-refractivity contribution is 14.0. The molecule has 2 aromatic carbocycles. The highest BCUT2D eigenvalue weighted by Gasteiger charge is 2.21. The molecular formula is C18H20ClFIN3O. The molecule has 1 heterocycles. The lowest BCUT2D eigenvalue weighted by atomic mass is 10.0. The van der Waals surface area contributed by atoms with Crippen LogP contribution < -0.4 is 15.8 Å². The van der Waals surface area contributed by atoms with E-state index in [-0.39, 0.29) is 35.8 Å². The highest BCUT2D eigenvalue weighted by Crippen LogP contribution is 2.31. The molecule has 0 radical (unpaired) electrons. The van der Waals surface area contributed by atoms with Crippen molar-refractivity contribution in [1.82, 2.24) is 5.32 Å². The molecule has 1 aliphatic heterocycles. The summed E-state index contributed by atoms with van der Waals surface area (Å²) < 4.78 is 18.7. The fraction of sp³-hybridized carbons (Fsp3) is 0.278. The Morgan fingerprint density at radius 3 is 2.92 bits per heavy atom. The van der Waals surface area contributed by atoms with Crippen molar-refractivity contribution in [2.24, 2.45) is 10.7 Å². The van der Waals surface area contributed by atoms with E-state index in [1.807, 2.05) is 24.3 Å². The Balaban J connectivity index is 0.00000225. The first kappa shape index (κ1) is 19.8. The third-order valence-corrected chi connectivity index (χ3v) is 4.31. The van der Waals surface area contributed by atoms with Crippen molar-refractivity contribution in [1.29, 1.82) is 0 Å². The first-order valence-electron chi connectivity index (χ1n) is 7.85. The normalized spacial score (nSPS) is 16.4. The van der Waals surface area contributed by atoms with Crippen LogP contribution in [-0.2, 0) is 6.42 Å². The average Bonchev–Trinajstić information content (AvgIpc) is 2.57. The number of rotatable bonds is 4. The number of benzene rings is 2. The number of ether oxygens (including phenoxy) is 1. The van der Waals surface area contributed by atoms with Crippen LogP contribution in [0.5, 0.6) is 5.75 Å². The Morgan fingerprint density at radius 2 is 2.12 bits per heavy atom. The van der Waals surface area contributed by atoms with Gasteiger partial charge in [-0.1, -0.05) is 35.9 Å². The molecule has 0 saturated carbocycles. The van der Waals surface area contributed by atoms with Crippen LogP contribution in [0.4, 0.5) is 4.39 Å². The lowest BCUT2D eigenvalue weighted by Crippen LogP contribution is -2.37. The van der Waals surface area contributed by atoms with Crippen molar-refractivity contribution in [2.45, 2.75) is 18.9 Å². The summed E-state index contributed by atoms with van der Waals surface area (Å²) in [6.45, 7) is 1.13. The van der Waals surface area contributed by atoms with Crippen LogP contribution in [-0.4, -0.2) is 19.1 Å². The molecule has 0 fully saturated rings. The topological polar surface area (TPSA) is 59.6 Å². The van der Waals surface area contributed by atoms with E-state index in [9.17, 15) is 4.39 Å². The Labute approximate surface area is 168 Å². The van der Waals surface area contributed by atoms with E-state index in [4.69, 9.17) is 22.1 Å². The van der Waals surface area contributed by atoms with E-state index in [0.717, 1.165) is 23.3 Å². The first-order chi connectivity index (χ1) is 11.6. The first-order valence-corrected chi connectivity index (χ1v) is 8.23. The van der Waals surface area contributed by atoms with Crippen LogP contribution in [0.3, 0.4) is 0 Å². The van der Waals surface area contributed by atoms with Gasteiger partial charge in [0.05, 0.1) is 12.6 Å². The zero-order valence-electron chi connectivity index (χ0n) is 13.5. The summed E-state index contributed by atoms with van der Waals surface area (Å²) >= 11 is 6.01. The summed E-state index contributed by atoms with van der Waals surface area (Å²) in [6, 6.07) is 12.4. The van der Waals surface area contributed by atoms with E-state index >= 15 is 0 Å². The van der Waals surface area contributed by atoms with Crippen LogP contribution in [0.1, 0.15) is 23.6 Å². The molecule has 7 heteroatoms. The minimum Gasteiger partial charge on any atom is -0.493 e. The van der Waals surface area contributed by atoms with E-state index in [2.05, 4.69) is 10.3 Å². The van der Waals surface area contributed by atoms with Crippen molar-refractivity contribution in [3.8, 4) is 5.75 Å². The van der Waals surface area contributed by atoms with Crippen LogP contribution in [0.2, 0.25) is 5.02 Å². The fourth-order valence-electron chi connectivity index (χ4n) is 2.74. The summed E-state index contributed by atoms with van der Waals surface area (Å²) in [5.41, 5.74) is 7.93. The standard InChI is InChI=1S/C18H19ClFN3O.HI/c19-15-11-13(20)6-5-12(15)7-9-22-18(21)23-16-8-10-24-17-4-2-1-3-14(16)17;/h1-6,11,16H,7-10H2,(H3,21,22,23);1H. The second kappa shape index (κ2) is 9.24. The third kappa shape index (κ3) is 5.22.